The summed E-state index contributed by atoms with van der Waals surface area (Å²) < 4.78 is 5.61. The fourth-order valence-electron chi connectivity index (χ4n) is 2.80. The molecule has 3 heteroatoms. The van der Waals surface area contributed by atoms with E-state index in [9.17, 15) is 0 Å². The largest absolute Gasteiger partial charge is 0.377 e. The molecule has 0 aromatic carbocycles. The molecule has 2 rings (SSSR count). The van der Waals surface area contributed by atoms with Crippen LogP contribution in [-0.4, -0.2) is 61.3 Å². The Balaban J connectivity index is 1.72. The van der Waals surface area contributed by atoms with Crippen LogP contribution in [0.5, 0.6) is 0 Å². The van der Waals surface area contributed by atoms with E-state index in [-0.39, 0.29) is 0 Å². The first kappa shape index (κ1) is 11.4. The van der Waals surface area contributed by atoms with Gasteiger partial charge in [0.1, 0.15) is 0 Å². The highest BCUT2D eigenvalue weighted by atomic mass is 16.5. The summed E-state index contributed by atoms with van der Waals surface area (Å²) in [5, 5.41) is 0. The smallest absolute Gasteiger partial charge is 0.0596 e. The first-order chi connectivity index (χ1) is 7.16. The van der Waals surface area contributed by atoms with E-state index in [0.29, 0.717) is 6.10 Å². The summed E-state index contributed by atoms with van der Waals surface area (Å²) >= 11 is 0. The lowest BCUT2D eigenvalue weighted by molar-refractivity contribution is 0.0314. The minimum absolute atomic E-state index is 0.370. The van der Waals surface area contributed by atoms with Crippen molar-refractivity contribution in [3.8, 4) is 0 Å². The highest BCUT2D eigenvalue weighted by Crippen LogP contribution is 2.27. The van der Waals surface area contributed by atoms with E-state index >= 15 is 0 Å². The van der Waals surface area contributed by atoms with Crippen LogP contribution < -0.4 is 0 Å². The van der Waals surface area contributed by atoms with Gasteiger partial charge >= 0.3 is 0 Å². The molecule has 0 spiro atoms. The minimum atomic E-state index is 0.370. The summed E-state index contributed by atoms with van der Waals surface area (Å²) in [6.45, 7) is 8.70. The number of ether oxygens (including phenoxy) is 1. The molecule has 2 bridgehead atoms. The third kappa shape index (κ3) is 2.71. The van der Waals surface area contributed by atoms with Crippen LogP contribution in [0, 0.1) is 0 Å². The molecule has 0 aromatic rings. The van der Waals surface area contributed by atoms with Crippen molar-refractivity contribution in [2.45, 2.75) is 44.9 Å². The average molecular weight is 212 g/mol. The zero-order valence-corrected chi connectivity index (χ0v) is 10.3. The van der Waals surface area contributed by atoms with Crippen molar-refractivity contribution in [2.24, 2.45) is 0 Å². The molecular formula is C12H24N2O. The fraction of sp³-hybridized carbons (Fsp3) is 1.00. The molecule has 0 aromatic heterocycles. The van der Waals surface area contributed by atoms with Crippen LogP contribution in [0.1, 0.15) is 26.7 Å². The second kappa shape index (κ2) is 4.81. The maximum Gasteiger partial charge on any atom is 0.0596 e. The normalized spacial score (nSPS) is 32.8. The lowest BCUT2D eigenvalue weighted by Gasteiger charge is -2.38. The lowest BCUT2D eigenvalue weighted by Crippen LogP contribution is -2.52. The monoisotopic (exact) mass is 212 g/mol. The van der Waals surface area contributed by atoms with Gasteiger partial charge in [-0.3, -0.25) is 9.80 Å². The van der Waals surface area contributed by atoms with E-state index in [1.807, 2.05) is 0 Å². The summed E-state index contributed by atoms with van der Waals surface area (Å²) in [7, 11) is 2.28. The van der Waals surface area contributed by atoms with Crippen molar-refractivity contribution >= 4 is 0 Å². The maximum atomic E-state index is 5.61. The Kier molecular flexibility index (Phi) is 3.65. The summed E-state index contributed by atoms with van der Waals surface area (Å²) in [6.07, 6.45) is 3.15. The van der Waals surface area contributed by atoms with Gasteiger partial charge in [0.15, 0.2) is 0 Å². The molecule has 88 valence electrons. The Morgan fingerprint density at radius 2 is 1.80 bits per heavy atom. The van der Waals surface area contributed by atoms with Crippen molar-refractivity contribution in [2.75, 3.05) is 33.3 Å². The Morgan fingerprint density at radius 3 is 2.33 bits per heavy atom. The Labute approximate surface area is 93.4 Å². The first-order valence-corrected chi connectivity index (χ1v) is 6.22. The van der Waals surface area contributed by atoms with Crippen molar-refractivity contribution < 1.29 is 4.74 Å². The van der Waals surface area contributed by atoms with Crippen LogP contribution in [-0.2, 0) is 4.74 Å². The van der Waals surface area contributed by atoms with Gasteiger partial charge in [0, 0.05) is 31.7 Å². The molecule has 2 aliphatic heterocycles. The van der Waals surface area contributed by atoms with Crippen LogP contribution >= 0.6 is 0 Å². The van der Waals surface area contributed by atoms with Crippen LogP contribution in [0.15, 0.2) is 0 Å². The van der Waals surface area contributed by atoms with E-state index < -0.39 is 0 Å². The standard InChI is InChI=1S/C12H24N2O/c1-10(2)15-7-6-14-8-11-4-5-12(9-14)13(11)3/h10-12H,4-9H2,1-3H3. The zero-order valence-electron chi connectivity index (χ0n) is 10.3. The molecule has 0 aliphatic carbocycles. The van der Waals surface area contributed by atoms with E-state index in [1.165, 1.54) is 25.9 Å². The summed E-state index contributed by atoms with van der Waals surface area (Å²) in [4.78, 5) is 5.14. The molecule has 2 saturated heterocycles. The quantitative estimate of drug-likeness (QED) is 0.696. The summed E-state index contributed by atoms with van der Waals surface area (Å²) in [6, 6.07) is 1.62. The number of nitrogens with zero attached hydrogens (tertiary/aromatic N) is 2. The Morgan fingerprint density at radius 1 is 1.20 bits per heavy atom. The molecule has 3 nitrogen and oxygen atoms in total. The van der Waals surface area contributed by atoms with E-state index in [4.69, 9.17) is 4.74 Å². The summed E-state index contributed by atoms with van der Waals surface area (Å²) in [5.74, 6) is 0. The molecule has 2 heterocycles. The van der Waals surface area contributed by atoms with Gasteiger partial charge in [-0.1, -0.05) is 0 Å². The van der Waals surface area contributed by atoms with Gasteiger partial charge in [-0.15, -0.1) is 0 Å². The molecule has 2 fully saturated rings. The second-order valence-electron chi connectivity index (χ2n) is 5.23. The predicted molar refractivity (Wildman–Crippen MR) is 62.1 cm³/mol. The second-order valence-corrected chi connectivity index (χ2v) is 5.23. The SMILES string of the molecule is CC(C)OCCN1CC2CCC(C1)N2C. The third-order valence-electron chi connectivity index (χ3n) is 3.78. The van der Waals surface area contributed by atoms with Crippen molar-refractivity contribution in [1.29, 1.82) is 0 Å². The highest BCUT2D eigenvalue weighted by molar-refractivity contribution is 4.93. The molecular weight excluding hydrogens is 188 g/mol. The fourth-order valence-corrected chi connectivity index (χ4v) is 2.80. The van der Waals surface area contributed by atoms with Gasteiger partial charge in [-0.25, -0.2) is 0 Å². The molecule has 15 heavy (non-hydrogen) atoms. The third-order valence-corrected chi connectivity index (χ3v) is 3.78. The summed E-state index contributed by atoms with van der Waals surface area (Å²) in [5.41, 5.74) is 0. The molecule has 0 N–H and O–H groups in total. The van der Waals surface area contributed by atoms with Gasteiger partial charge in [0.05, 0.1) is 12.7 Å². The number of piperazine rings is 1. The van der Waals surface area contributed by atoms with Gasteiger partial charge in [-0.05, 0) is 33.7 Å². The molecule has 2 atom stereocenters. The first-order valence-electron chi connectivity index (χ1n) is 6.22. The minimum Gasteiger partial charge on any atom is -0.377 e. The van der Waals surface area contributed by atoms with Crippen LogP contribution in [0.25, 0.3) is 0 Å². The molecule has 0 radical (unpaired) electrons. The average Bonchev–Trinajstić information content (AvgIpc) is 2.42. The zero-order chi connectivity index (χ0) is 10.8. The topological polar surface area (TPSA) is 15.7 Å². The van der Waals surface area contributed by atoms with Gasteiger partial charge in [0.25, 0.3) is 0 Å². The van der Waals surface area contributed by atoms with E-state index in [0.717, 1.165) is 25.2 Å². The number of likely N-dealkylation sites (N-methyl/N-ethyl adjacent to an activating group) is 1. The van der Waals surface area contributed by atoms with Crippen LogP contribution in [0.4, 0.5) is 0 Å². The van der Waals surface area contributed by atoms with Crippen LogP contribution in [0.3, 0.4) is 0 Å². The number of hydrogen-bond donors (Lipinski definition) is 0. The maximum absolute atomic E-state index is 5.61. The number of hydrogen-bond acceptors (Lipinski definition) is 3. The van der Waals surface area contributed by atoms with Gasteiger partial charge in [0.2, 0.25) is 0 Å². The molecule has 0 amide bonds. The van der Waals surface area contributed by atoms with Gasteiger partial charge in [-0.2, -0.15) is 0 Å². The van der Waals surface area contributed by atoms with Crippen molar-refractivity contribution in [3.05, 3.63) is 0 Å². The lowest BCUT2D eigenvalue weighted by atomic mass is 10.2. The Bertz CT molecular complexity index is 194. The van der Waals surface area contributed by atoms with Gasteiger partial charge < -0.3 is 4.74 Å². The predicted octanol–water partition coefficient (Wildman–Crippen LogP) is 1.19. The number of likely N-dealkylation sites (tertiary alicyclic amines) is 1. The van der Waals surface area contributed by atoms with E-state index in [2.05, 4.69) is 30.7 Å². The van der Waals surface area contributed by atoms with E-state index in [1.54, 1.807) is 0 Å². The van der Waals surface area contributed by atoms with Crippen molar-refractivity contribution in [3.63, 3.8) is 0 Å². The number of fused-ring (bicyclic) bond motifs is 2. The molecule has 0 saturated carbocycles. The number of rotatable bonds is 4. The Hall–Kier alpha value is -0.120. The van der Waals surface area contributed by atoms with Crippen LogP contribution in [0.2, 0.25) is 0 Å². The highest BCUT2D eigenvalue weighted by Gasteiger charge is 2.36. The van der Waals surface area contributed by atoms with Crippen molar-refractivity contribution in [1.82, 2.24) is 9.80 Å². The molecule has 2 unspecified atom stereocenters. The molecule has 2 aliphatic rings.